The molecule has 13 heavy (non-hydrogen) atoms. The third-order valence-electron chi connectivity index (χ3n) is 1.62. The first-order chi connectivity index (χ1) is 6.22. The number of aromatic nitrogens is 3. The summed E-state index contributed by atoms with van der Waals surface area (Å²) >= 11 is 0. The van der Waals surface area contributed by atoms with E-state index < -0.39 is 0 Å². The quantitative estimate of drug-likeness (QED) is 0.643. The Hall–Kier alpha value is -1.23. The van der Waals surface area contributed by atoms with Gasteiger partial charge >= 0.3 is 0 Å². The molecule has 0 saturated carbocycles. The van der Waals surface area contributed by atoms with Crippen molar-refractivity contribution in [2.45, 2.75) is 12.8 Å². The highest BCUT2D eigenvalue weighted by Crippen LogP contribution is 1.97. The van der Waals surface area contributed by atoms with Gasteiger partial charge in [0.15, 0.2) is 5.78 Å². The first-order valence-corrected chi connectivity index (χ1v) is 4.08. The van der Waals surface area contributed by atoms with Gasteiger partial charge in [0.1, 0.15) is 6.61 Å². The summed E-state index contributed by atoms with van der Waals surface area (Å²) < 4.78 is 6.33. The summed E-state index contributed by atoms with van der Waals surface area (Å²) in [4.78, 5) is 11.0. The highest BCUT2D eigenvalue weighted by atomic mass is 16.5. The minimum absolute atomic E-state index is 0.0909. The van der Waals surface area contributed by atoms with Gasteiger partial charge in [0.05, 0.1) is 5.69 Å². The molecule has 5 heteroatoms. The minimum atomic E-state index is 0.0909. The molecule has 1 aromatic rings. The van der Waals surface area contributed by atoms with Gasteiger partial charge in [-0.2, -0.15) is 0 Å². The first kappa shape index (κ1) is 9.85. The van der Waals surface area contributed by atoms with E-state index in [9.17, 15) is 4.79 Å². The number of Topliss-reactive ketones (excluding diaryl/α,β-unsaturated/α-hetero) is 1. The Labute approximate surface area is 76.7 Å². The van der Waals surface area contributed by atoms with E-state index >= 15 is 0 Å². The van der Waals surface area contributed by atoms with Crippen molar-refractivity contribution in [2.24, 2.45) is 7.05 Å². The second-order valence-electron chi connectivity index (χ2n) is 2.86. The molecular formula is C8H13N3O2. The smallest absolute Gasteiger partial charge is 0.158 e. The van der Waals surface area contributed by atoms with E-state index in [0.29, 0.717) is 12.8 Å². The van der Waals surface area contributed by atoms with E-state index in [1.807, 2.05) is 0 Å². The lowest BCUT2D eigenvalue weighted by Crippen LogP contribution is -2.07. The summed E-state index contributed by atoms with van der Waals surface area (Å²) in [7, 11) is 3.31. The Bertz CT molecular complexity index is 283. The number of carbonyl (C=O) groups excluding carboxylic acids is 1. The molecule has 0 spiro atoms. The van der Waals surface area contributed by atoms with E-state index in [0.717, 1.165) is 5.69 Å². The minimum Gasteiger partial charge on any atom is -0.377 e. The molecule has 0 amide bonds. The predicted octanol–water partition coefficient (Wildman–Crippen LogP) is -0.0368. The molecule has 0 aliphatic carbocycles. The zero-order valence-corrected chi connectivity index (χ0v) is 7.86. The molecule has 1 rings (SSSR count). The van der Waals surface area contributed by atoms with Gasteiger partial charge in [-0.1, -0.05) is 5.21 Å². The molecule has 0 atom stereocenters. The molecule has 72 valence electrons. The molecule has 0 bridgehead atoms. The number of hydrogen-bond acceptors (Lipinski definition) is 4. The van der Waals surface area contributed by atoms with Crippen LogP contribution in [0.1, 0.15) is 12.1 Å². The van der Waals surface area contributed by atoms with Crippen LogP contribution in [0.5, 0.6) is 0 Å². The monoisotopic (exact) mass is 183 g/mol. The molecule has 0 N–H and O–H groups in total. The summed E-state index contributed by atoms with van der Waals surface area (Å²) in [6.07, 6.45) is 2.91. The zero-order valence-electron chi connectivity index (χ0n) is 7.86. The van der Waals surface area contributed by atoms with E-state index in [4.69, 9.17) is 4.74 Å². The molecule has 0 aliphatic rings. The highest BCUT2D eigenvalue weighted by Gasteiger charge is 2.03. The third-order valence-corrected chi connectivity index (χ3v) is 1.62. The number of carbonyl (C=O) groups is 1. The van der Waals surface area contributed by atoms with Gasteiger partial charge in [0.2, 0.25) is 0 Å². The van der Waals surface area contributed by atoms with Crippen LogP contribution in [-0.4, -0.2) is 34.5 Å². The number of aryl methyl sites for hydroxylation is 2. The highest BCUT2D eigenvalue weighted by molar-refractivity contribution is 5.79. The Balaban J connectivity index is 2.30. The lowest BCUT2D eigenvalue weighted by Gasteiger charge is -1.95. The van der Waals surface area contributed by atoms with Crippen LogP contribution in [0.25, 0.3) is 0 Å². The lowest BCUT2D eigenvalue weighted by molar-refractivity contribution is -0.122. The second kappa shape index (κ2) is 4.71. The fourth-order valence-electron chi connectivity index (χ4n) is 1.01. The number of methoxy groups -OCH3 is 1. The van der Waals surface area contributed by atoms with Crippen LogP contribution in [-0.2, 0) is 23.0 Å². The molecule has 5 nitrogen and oxygen atoms in total. The maximum absolute atomic E-state index is 11.0. The largest absolute Gasteiger partial charge is 0.377 e. The van der Waals surface area contributed by atoms with Crippen molar-refractivity contribution < 1.29 is 9.53 Å². The van der Waals surface area contributed by atoms with Crippen LogP contribution in [0, 0.1) is 0 Å². The number of rotatable bonds is 5. The normalized spacial score (nSPS) is 10.3. The Morgan fingerprint density at radius 3 is 3.00 bits per heavy atom. The summed E-state index contributed by atoms with van der Waals surface area (Å²) in [5, 5.41) is 7.63. The molecule has 0 aromatic carbocycles. The molecule has 0 fully saturated rings. The Kier molecular flexibility index (Phi) is 3.57. The van der Waals surface area contributed by atoms with Crippen molar-refractivity contribution in [2.75, 3.05) is 13.7 Å². The Morgan fingerprint density at radius 1 is 1.69 bits per heavy atom. The average Bonchev–Trinajstić information content (AvgIpc) is 2.49. The van der Waals surface area contributed by atoms with Crippen molar-refractivity contribution in [1.29, 1.82) is 0 Å². The van der Waals surface area contributed by atoms with E-state index in [-0.39, 0.29) is 12.4 Å². The number of ether oxygens (including phenoxy) is 1. The second-order valence-corrected chi connectivity index (χ2v) is 2.86. The van der Waals surface area contributed by atoms with Crippen LogP contribution in [0.15, 0.2) is 6.20 Å². The van der Waals surface area contributed by atoms with Crippen molar-refractivity contribution in [3.63, 3.8) is 0 Å². The predicted molar refractivity (Wildman–Crippen MR) is 46.2 cm³/mol. The van der Waals surface area contributed by atoms with Crippen molar-refractivity contribution in [3.8, 4) is 0 Å². The maximum atomic E-state index is 11.0. The fraction of sp³-hybridized carbons (Fsp3) is 0.625. The van der Waals surface area contributed by atoms with E-state index in [1.165, 1.54) is 7.11 Å². The molecule has 0 unspecified atom stereocenters. The topological polar surface area (TPSA) is 57.0 Å². The van der Waals surface area contributed by atoms with Gasteiger partial charge in [-0.3, -0.25) is 9.48 Å². The SMILES string of the molecule is COCC(=O)CCc1cn(C)nn1. The molecule has 0 radical (unpaired) electrons. The van der Waals surface area contributed by atoms with E-state index in [1.54, 1.807) is 17.9 Å². The summed E-state index contributed by atoms with van der Waals surface area (Å²) in [6.45, 7) is 0.181. The fourth-order valence-corrected chi connectivity index (χ4v) is 1.01. The van der Waals surface area contributed by atoms with Gasteiger partial charge in [-0.05, 0) is 0 Å². The average molecular weight is 183 g/mol. The van der Waals surface area contributed by atoms with Gasteiger partial charge < -0.3 is 4.74 Å². The summed E-state index contributed by atoms with van der Waals surface area (Å²) in [5.41, 5.74) is 0.840. The van der Waals surface area contributed by atoms with Crippen LogP contribution >= 0.6 is 0 Å². The van der Waals surface area contributed by atoms with Crippen LogP contribution in [0.2, 0.25) is 0 Å². The standard InChI is InChI=1S/C8H13N3O2/c1-11-5-7(9-10-11)3-4-8(12)6-13-2/h5H,3-4,6H2,1-2H3. The maximum Gasteiger partial charge on any atom is 0.158 e. The molecular weight excluding hydrogens is 170 g/mol. The first-order valence-electron chi connectivity index (χ1n) is 4.08. The lowest BCUT2D eigenvalue weighted by atomic mass is 10.2. The number of ketones is 1. The van der Waals surface area contributed by atoms with Crippen molar-refractivity contribution >= 4 is 5.78 Å². The van der Waals surface area contributed by atoms with E-state index in [2.05, 4.69) is 10.3 Å². The Morgan fingerprint density at radius 2 is 2.46 bits per heavy atom. The van der Waals surface area contributed by atoms with Gasteiger partial charge in [-0.25, -0.2) is 0 Å². The molecule has 1 heterocycles. The van der Waals surface area contributed by atoms with Crippen LogP contribution in [0.3, 0.4) is 0 Å². The van der Waals surface area contributed by atoms with Crippen LogP contribution < -0.4 is 0 Å². The van der Waals surface area contributed by atoms with Gasteiger partial charge in [0, 0.05) is 33.2 Å². The van der Waals surface area contributed by atoms with Crippen molar-refractivity contribution in [1.82, 2.24) is 15.0 Å². The van der Waals surface area contributed by atoms with Gasteiger partial charge in [0.25, 0.3) is 0 Å². The third kappa shape index (κ3) is 3.33. The zero-order chi connectivity index (χ0) is 9.68. The number of nitrogens with zero attached hydrogens (tertiary/aromatic N) is 3. The molecule has 1 aromatic heterocycles. The summed E-state index contributed by atoms with van der Waals surface area (Å²) in [6, 6.07) is 0. The van der Waals surface area contributed by atoms with Crippen LogP contribution in [0.4, 0.5) is 0 Å². The van der Waals surface area contributed by atoms with Gasteiger partial charge in [-0.15, -0.1) is 5.10 Å². The number of hydrogen-bond donors (Lipinski definition) is 0. The molecule has 0 aliphatic heterocycles. The molecule has 0 saturated heterocycles. The van der Waals surface area contributed by atoms with Crippen molar-refractivity contribution in [3.05, 3.63) is 11.9 Å². The summed E-state index contributed by atoms with van der Waals surface area (Å²) in [5.74, 6) is 0.0909.